The minimum absolute atomic E-state index is 0.0921. The molecule has 0 saturated heterocycles. The molecule has 14 rings (SSSR count). The molecule has 0 N–H and O–H groups in total. The molecule has 0 aromatic heterocycles. The Morgan fingerprint density at radius 2 is 0.970 bits per heavy atom. The first-order valence-electron chi connectivity index (χ1n) is 24.6. The summed E-state index contributed by atoms with van der Waals surface area (Å²) >= 11 is 0. The summed E-state index contributed by atoms with van der Waals surface area (Å²) in [6.45, 7) is 7.20. The smallest absolute Gasteiger partial charge is 0.0467 e. The minimum Gasteiger partial charge on any atom is -0.310 e. The highest BCUT2D eigenvalue weighted by Gasteiger charge is 2.57. The Bertz CT molecular complexity index is 3480. The molecule has 5 aliphatic carbocycles. The van der Waals surface area contributed by atoms with E-state index in [1.165, 1.54) is 126 Å². The normalized spacial score (nSPS) is 21.7. The van der Waals surface area contributed by atoms with Gasteiger partial charge in [0.15, 0.2) is 0 Å². The van der Waals surface area contributed by atoms with Crippen molar-refractivity contribution >= 4 is 17.1 Å². The van der Waals surface area contributed by atoms with E-state index in [0.29, 0.717) is 5.92 Å². The van der Waals surface area contributed by atoms with Gasteiger partial charge in [-0.15, -0.1) is 0 Å². The van der Waals surface area contributed by atoms with Crippen molar-refractivity contribution < 1.29 is 0 Å². The number of rotatable bonds is 6. The van der Waals surface area contributed by atoms with Crippen LogP contribution in [0.2, 0.25) is 0 Å². The van der Waals surface area contributed by atoms with Gasteiger partial charge in [0.05, 0.1) is 0 Å². The van der Waals surface area contributed by atoms with Gasteiger partial charge in [-0.2, -0.15) is 0 Å². The van der Waals surface area contributed by atoms with E-state index in [-0.39, 0.29) is 16.2 Å². The number of anilines is 3. The van der Waals surface area contributed by atoms with Gasteiger partial charge in [0.2, 0.25) is 0 Å². The quantitative estimate of drug-likeness (QED) is 0.161. The summed E-state index contributed by atoms with van der Waals surface area (Å²) in [5, 5.41) is 0. The molecule has 9 aromatic carbocycles. The third-order valence-corrected chi connectivity index (χ3v) is 17.4. The zero-order valence-electron chi connectivity index (χ0n) is 38.6. The maximum atomic E-state index is 2.60. The van der Waals surface area contributed by atoms with Crippen LogP contribution in [-0.2, 0) is 16.2 Å². The predicted octanol–water partition coefficient (Wildman–Crippen LogP) is 17.2. The molecule has 0 aliphatic heterocycles. The largest absolute Gasteiger partial charge is 0.310 e. The van der Waals surface area contributed by atoms with Crippen molar-refractivity contribution in [2.45, 2.75) is 62.7 Å². The third-order valence-electron chi connectivity index (χ3n) is 17.4. The highest BCUT2D eigenvalue weighted by Crippen LogP contribution is 2.66. The summed E-state index contributed by atoms with van der Waals surface area (Å²) in [5.41, 5.74) is 26.5. The number of fused-ring (bicyclic) bond motifs is 14. The van der Waals surface area contributed by atoms with Gasteiger partial charge < -0.3 is 4.90 Å². The maximum absolute atomic E-state index is 2.60. The summed E-state index contributed by atoms with van der Waals surface area (Å²) in [6, 6.07) is 78.6. The fourth-order valence-corrected chi connectivity index (χ4v) is 14.4. The first-order chi connectivity index (χ1) is 32.8. The van der Waals surface area contributed by atoms with Crippen LogP contribution >= 0.6 is 0 Å². The lowest BCUT2D eigenvalue weighted by Crippen LogP contribution is -2.32. The lowest BCUT2D eigenvalue weighted by Gasteiger charge is -2.37. The average Bonchev–Trinajstić information content (AvgIpc) is 4.18. The molecule has 1 heteroatoms. The summed E-state index contributed by atoms with van der Waals surface area (Å²) < 4.78 is 0. The fraction of sp³-hybridized carbons (Fsp3) is 0.182. The molecule has 0 heterocycles. The van der Waals surface area contributed by atoms with E-state index >= 15 is 0 Å². The summed E-state index contributed by atoms with van der Waals surface area (Å²) in [6.07, 6.45) is 5.33. The first-order valence-corrected chi connectivity index (χ1v) is 24.6. The van der Waals surface area contributed by atoms with Crippen molar-refractivity contribution in [1.82, 2.24) is 0 Å². The lowest BCUT2D eigenvalue weighted by atomic mass is 9.67. The van der Waals surface area contributed by atoms with Crippen LogP contribution in [-0.4, -0.2) is 0 Å². The van der Waals surface area contributed by atoms with Crippen LogP contribution in [0.15, 0.2) is 206 Å². The molecule has 67 heavy (non-hydrogen) atoms. The number of benzene rings is 9. The third kappa shape index (κ3) is 5.37. The van der Waals surface area contributed by atoms with Crippen molar-refractivity contribution in [3.63, 3.8) is 0 Å². The van der Waals surface area contributed by atoms with Crippen molar-refractivity contribution in [3.8, 4) is 55.6 Å². The molecule has 0 radical (unpaired) electrons. The molecule has 9 aromatic rings. The van der Waals surface area contributed by atoms with Crippen molar-refractivity contribution in [3.05, 3.63) is 245 Å². The second kappa shape index (κ2) is 14.1. The molecule has 4 unspecified atom stereocenters. The maximum Gasteiger partial charge on any atom is 0.0467 e. The van der Waals surface area contributed by atoms with Crippen LogP contribution in [0.25, 0.3) is 55.6 Å². The molecule has 2 fully saturated rings. The average molecular weight is 860 g/mol. The molecular weight excluding hydrogens is 807 g/mol. The zero-order chi connectivity index (χ0) is 44.6. The van der Waals surface area contributed by atoms with Gasteiger partial charge >= 0.3 is 0 Å². The van der Waals surface area contributed by atoms with E-state index in [0.717, 1.165) is 11.6 Å². The second-order valence-corrected chi connectivity index (χ2v) is 21.0. The Morgan fingerprint density at radius 1 is 0.388 bits per heavy atom. The highest BCUT2D eigenvalue weighted by molar-refractivity contribution is 5.92. The molecule has 1 spiro atoms. The van der Waals surface area contributed by atoms with Gasteiger partial charge in [-0.3, -0.25) is 0 Å². The Kier molecular flexibility index (Phi) is 8.23. The molecule has 0 amide bonds. The molecule has 1 nitrogen and oxygen atoms in total. The van der Waals surface area contributed by atoms with Crippen LogP contribution in [0, 0.1) is 11.8 Å². The molecule has 2 saturated carbocycles. The second-order valence-electron chi connectivity index (χ2n) is 21.0. The topological polar surface area (TPSA) is 3.24 Å². The van der Waals surface area contributed by atoms with Crippen LogP contribution in [0.4, 0.5) is 17.1 Å². The zero-order valence-corrected chi connectivity index (χ0v) is 38.6. The van der Waals surface area contributed by atoms with Gasteiger partial charge in [0, 0.05) is 33.3 Å². The van der Waals surface area contributed by atoms with E-state index in [4.69, 9.17) is 0 Å². The summed E-state index contributed by atoms with van der Waals surface area (Å²) in [5.74, 6) is 1.51. The van der Waals surface area contributed by atoms with Crippen LogP contribution in [0.3, 0.4) is 0 Å². The minimum atomic E-state index is -0.245. The van der Waals surface area contributed by atoms with Gasteiger partial charge in [-0.25, -0.2) is 0 Å². The predicted molar refractivity (Wildman–Crippen MR) is 279 cm³/mol. The van der Waals surface area contributed by atoms with Crippen molar-refractivity contribution in [2.24, 2.45) is 11.8 Å². The van der Waals surface area contributed by atoms with Crippen LogP contribution in [0.5, 0.6) is 0 Å². The van der Waals surface area contributed by atoms with E-state index in [1.807, 2.05) is 0 Å². The summed E-state index contributed by atoms with van der Waals surface area (Å²) in [7, 11) is 0. The molecular formula is C66H53N. The Morgan fingerprint density at radius 3 is 1.73 bits per heavy atom. The molecule has 322 valence electrons. The SMILES string of the molecule is CC1(C)c2ccccc2-c2cccc(-c3cccc(N(c4ccc(-c5ccc6c(c5)C(C)(c5ccccc5)c5ccccc5-6)cc4)c4ccc5c(c4)C4(CC6CCC4C6)c4ccccc4-5)c3)c21. The fourth-order valence-electron chi connectivity index (χ4n) is 14.4. The van der Waals surface area contributed by atoms with Crippen LogP contribution in [0.1, 0.15) is 85.4 Å². The molecule has 2 bridgehead atoms. The van der Waals surface area contributed by atoms with Crippen molar-refractivity contribution in [2.75, 3.05) is 4.90 Å². The Labute approximate surface area is 395 Å². The van der Waals surface area contributed by atoms with Crippen molar-refractivity contribution in [1.29, 1.82) is 0 Å². The Balaban J connectivity index is 0.913. The summed E-state index contributed by atoms with van der Waals surface area (Å²) in [4.78, 5) is 2.53. The molecule has 4 atom stereocenters. The monoisotopic (exact) mass is 859 g/mol. The van der Waals surface area contributed by atoms with E-state index < -0.39 is 0 Å². The van der Waals surface area contributed by atoms with E-state index in [2.05, 4.69) is 232 Å². The van der Waals surface area contributed by atoms with Gasteiger partial charge in [0.25, 0.3) is 0 Å². The standard InChI is InChI=1S/C66H53N/c1-64(2)58-24-10-7-21-54(58)57-23-14-22-51(63(57)64)45-15-13-18-49(38-45)67(50-34-36-56-53-20-9-12-26-60(53)66(62(56)40-50)41-42-27-31-47(66)37-42)48-32-28-43(29-33-48)44-30-35-55-52-19-8-11-25-59(52)65(3,61(55)39-44)46-16-5-4-6-17-46/h4-26,28-30,32-36,38-40,42,47H,27,31,37,41H2,1-3H3. The van der Waals surface area contributed by atoms with Gasteiger partial charge in [-0.05, 0) is 175 Å². The van der Waals surface area contributed by atoms with Gasteiger partial charge in [0.1, 0.15) is 0 Å². The highest BCUT2D eigenvalue weighted by atomic mass is 15.1. The first kappa shape index (κ1) is 39.0. The Hall–Kier alpha value is -7.22. The molecule has 5 aliphatic rings. The number of nitrogens with zero attached hydrogens (tertiary/aromatic N) is 1. The van der Waals surface area contributed by atoms with E-state index in [9.17, 15) is 0 Å². The van der Waals surface area contributed by atoms with Crippen LogP contribution < -0.4 is 4.90 Å². The van der Waals surface area contributed by atoms with E-state index in [1.54, 1.807) is 5.56 Å². The number of hydrogen-bond acceptors (Lipinski definition) is 1. The number of hydrogen-bond donors (Lipinski definition) is 0. The van der Waals surface area contributed by atoms with Gasteiger partial charge in [-0.1, -0.05) is 184 Å². The lowest BCUT2D eigenvalue weighted by molar-refractivity contribution is 0.327.